The van der Waals surface area contributed by atoms with E-state index in [1.807, 2.05) is 0 Å². The second-order valence-corrected chi connectivity index (χ2v) is 5.66. The van der Waals surface area contributed by atoms with Gasteiger partial charge in [0.2, 0.25) is 5.91 Å². The third-order valence-electron chi connectivity index (χ3n) is 3.91. The fourth-order valence-electron chi connectivity index (χ4n) is 2.51. The maximum Gasteiger partial charge on any atom is 0.337 e. The van der Waals surface area contributed by atoms with Crippen LogP contribution in [0.3, 0.4) is 0 Å². The molecule has 0 unspecified atom stereocenters. The predicted molar refractivity (Wildman–Crippen MR) is 95.6 cm³/mol. The molecule has 0 saturated carbocycles. The van der Waals surface area contributed by atoms with E-state index in [2.05, 4.69) is 15.0 Å². The van der Waals surface area contributed by atoms with E-state index in [1.54, 1.807) is 48.5 Å². The zero-order chi connectivity index (χ0) is 18.5. The van der Waals surface area contributed by atoms with Crippen molar-refractivity contribution in [3.63, 3.8) is 0 Å². The summed E-state index contributed by atoms with van der Waals surface area (Å²) in [4.78, 5) is 40.1. The second kappa shape index (κ2) is 7.60. The lowest BCUT2D eigenvalue weighted by Crippen LogP contribution is -2.32. The SMILES string of the molecule is COC(=O)c1ccc(CNC(=O)Cn2cnc3ccccc3c2=O)cc1. The van der Waals surface area contributed by atoms with Crippen LogP contribution in [0.4, 0.5) is 0 Å². The smallest absolute Gasteiger partial charge is 0.337 e. The molecule has 3 aromatic rings. The van der Waals surface area contributed by atoms with Gasteiger partial charge in [-0.1, -0.05) is 24.3 Å². The zero-order valence-electron chi connectivity index (χ0n) is 14.1. The zero-order valence-corrected chi connectivity index (χ0v) is 14.1. The largest absolute Gasteiger partial charge is 0.465 e. The molecule has 3 rings (SSSR count). The quantitative estimate of drug-likeness (QED) is 0.704. The van der Waals surface area contributed by atoms with Crippen LogP contribution in [-0.2, 0) is 22.6 Å². The summed E-state index contributed by atoms with van der Waals surface area (Å²) in [5.74, 6) is -0.718. The first kappa shape index (κ1) is 17.3. The van der Waals surface area contributed by atoms with Crippen molar-refractivity contribution in [2.45, 2.75) is 13.1 Å². The van der Waals surface area contributed by atoms with Gasteiger partial charge in [-0.05, 0) is 29.8 Å². The summed E-state index contributed by atoms with van der Waals surface area (Å²) < 4.78 is 5.91. The number of aromatic nitrogens is 2. The monoisotopic (exact) mass is 351 g/mol. The van der Waals surface area contributed by atoms with Crippen molar-refractivity contribution in [1.29, 1.82) is 0 Å². The van der Waals surface area contributed by atoms with Crippen molar-refractivity contribution in [3.05, 3.63) is 76.3 Å². The van der Waals surface area contributed by atoms with E-state index in [0.29, 0.717) is 16.5 Å². The first-order valence-electron chi connectivity index (χ1n) is 7.96. The maximum absolute atomic E-state index is 12.4. The average molecular weight is 351 g/mol. The van der Waals surface area contributed by atoms with Crippen LogP contribution in [0.2, 0.25) is 0 Å². The van der Waals surface area contributed by atoms with Crippen molar-refractivity contribution in [1.82, 2.24) is 14.9 Å². The number of hydrogen-bond donors (Lipinski definition) is 1. The average Bonchev–Trinajstić information content (AvgIpc) is 2.68. The summed E-state index contributed by atoms with van der Waals surface area (Å²) in [6.45, 7) is 0.174. The number of fused-ring (bicyclic) bond motifs is 1. The molecule has 1 aromatic heterocycles. The van der Waals surface area contributed by atoms with E-state index in [-0.39, 0.29) is 24.6 Å². The van der Waals surface area contributed by atoms with Gasteiger partial charge >= 0.3 is 5.97 Å². The highest BCUT2D eigenvalue weighted by Crippen LogP contribution is 2.06. The van der Waals surface area contributed by atoms with Crippen molar-refractivity contribution >= 4 is 22.8 Å². The molecule has 1 amide bonds. The van der Waals surface area contributed by atoms with E-state index in [0.717, 1.165) is 5.56 Å². The highest BCUT2D eigenvalue weighted by Gasteiger charge is 2.08. The first-order chi connectivity index (χ1) is 12.6. The number of benzene rings is 2. The van der Waals surface area contributed by atoms with Gasteiger partial charge in [-0.3, -0.25) is 14.2 Å². The van der Waals surface area contributed by atoms with Gasteiger partial charge in [-0.2, -0.15) is 0 Å². The van der Waals surface area contributed by atoms with Crippen LogP contribution in [0.1, 0.15) is 15.9 Å². The summed E-state index contributed by atoms with van der Waals surface area (Å²) in [6, 6.07) is 13.7. The topological polar surface area (TPSA) is 90.3 Å². The Morgan fingerprint density at radius 1 is 1.12 bits per heavy atom. The van der Waals surface area contributed by atoms with Crippen LogP contribution in [0, 0.1) is 0 Å². The minimum atomic E-state index is -0.413. The predicted octanol–water partition coefficient (Wildman–Crippen LogP) is 1.50. The molecule has 7 heteroatoms. The van der Waals surface area contributed by atoms with Gasteiger partial charge in [0.25, 0.3) is 5.56 Å². The fraction of sp³-hybridized carbons (Fsp3) is 0.158. The molecule has 7 nitrogen and oxygen atoms in total. The number of nitrogens with zero attached hydrogens (tertiary/aromatic N) is 2. The molecule has 0 fully saturated rings. The Balaban J connectivity index is 1.63. The van der Waals surface area contributed by atoms with Crippen LogP contribution < -0.4 is 10.9 Å². The molecule has 0 bridgehead atoms. The van der Waals surface area contributed by atoms with Crippen LogP contribution >= 0.6 is 0 Å². The number of hydrogen-bond acceptors (Lipinski definition) is 5. The summed E-state index contributed by atoms with van der Waals surface area (Å²) in [5.41, 5.74) is 1.61. The minimum absolute atomic E-state index is 0.114. The van der Waals surface area contributed by atoms with Gasteiger partial charge in [0.05, 0.1) is 29.9 Å². The summed E-state index contributed by atoms with van der Waals surface area (Å²) in [6.07, 6.45) is 1.37. The van der Waals surface area contributed by atoms with Crippen molar-refractivity contribution in [2.75, 3.05) is 7.11 Å². The van der Waals surface area contributed by atoms with Crippen molar-refractivity contribution < 1.29 is 14.3 Å². The highest BCUT2D eigenvalue weighted by molar-refractivity contribution is 5.89. The van der Waals surface area contributed by atoms with Gasteiger partial charge in [-0.25, -0.2) is 9.78 Å². The highest BCUT2D eigenvalue weighted by atomic mass is 16.5. The Morgan fingerprint density at radius 2 is 1.85 bits per heavy atom. The van der Waals surface area contributed by atoms with Gasteiger partial charge in [0, 0.05) is 6.54 Å². The summed E-state index contributed by atoms with van der Waals surface area (Å²) in [7, 11) is 1.32. The fourth-order valence-corrected chi connectivity index (χ4v) is 2.51. The van der Waals surface area contributed by atoms with E-state index < -0.39 is 5.97 Å². The molecule has 1 heterocycles. The molecule has 1 N–H and O–H groups in total. The molecule has 0 aliphatic heterocycles. The normalized spacial score (nSPS) is 10.5. The van der Waals surface area contributed by atoms with Crippen LogP contribution in [0.5, 0.6) is 0 Å². The van der Waals surface area contributed by atoms with E-state index in [9.17, 15) is 14.4 Å². The molecular weight excluding hydrogens is 334 g/mol. The maximum atomic E-state index is 12.4. The number of ether oxygens (including phenoxy) is 1. The number of rotatable bonds is 5. The first-order valence-corrected chi connectivity index (χ1v) is 7.96. The number of amides is 1. The van der Waals surface area contributed by atoms with Gasteiger partial charge in [0.15, 0.2) is 0 Å². The molecule has 0 saturated heterocycles. The van der Waals surface area contributed by atoms with Gasteiger partial charge in [-0.15, -0.1) is 0 Å². The molecule has 0 radical (unpaired) electrons. The van der Waals surface area contributed by atoms with Crippen LogP contribution in [0.15, 0.2) is 59.7 Å². The molecule has 0 aliphatic rings. The lowest BCUT2D eigenvalue weighted by Gasteiger charge is -2.08. The molecule has 2 aromatic carbocycles. The Labute approximate surface area is 149 Å². The van der Waals surface area contributed by atoms with E-state index in [4.69, 9.17) is 0 Å². The Hall–Kier alpha value is -3.48. The molecule has 0 atom stereocenters. The van der Waals surface area contributed by atoms with E-state index >= 15 is 0 Å². The molecular formula is C19H17N3O4. The summed E-state index contributed by atoms with van der Waals surface area (Å²) in [5, 5.41) is 3.22. The number of nitrogens with one attached hydrogen (secondary N) is 1. The molecule has 0 spiro atoms. The van der Waals surface area contributed by atoms with E-state index in [1.165, 1.54) is 18.0 Å². The van der Waals surface area contributed by atoms with Crippen LogP contribution in [-0.4, -0.2) is 28.5 Å². The third-order valence-corrected chi connectivity index (χ3v) is 3.91. The number of para-hydroxylation sites is 1. The van der Waals surface area contributed by atoms with Crippen molar-refractivity contribution in [2.24, 2.45) is 0 Å². The molecule has 26 heavy (non-hydrogen) atoms. The number of carbonyl (C=O) groups is 2. The minimum Gasteiger partial charge on any atom is -0.465 e. The Morgan fingerprint density at radius 3 is 2.58 bits per heavy atom. The Bertz CT molecular complexity index is 1010. The van der Waals surface area contributed by atoms with Gasteiger partial charge in [0.1, 0.15) is 6.54 Å². The van der Waals surface area contributed by atoms with Crippen molar-refractivity contribution in [3.8, 4) is 0 Å². The molecule has 132 valence electrons. The van der Waals surface area contributed by atoms with Gasteiger partial charge < -0.3 is 10.1 Å². The summed E-state index contributed by atoms with van der Waals surface area (Å²) >= 11 is 0. The number of carbonyl (C=O) groups excluding carboxylic acids is 2. The number of esters is 1. The standard InChI is InChI=1S/C19H17N3O4/c1-26-19(25)14-8-6-13(7-9-14)10-20-17(23)11-22-12-21-16-5-3-2-4-15(16)18(22)24/h2-9,12H,10-11H2,1H3,(H,20,23). The lowest BCUT2D eigenvalue weighted by molar-refractivity contribution is -0.121. The van der Waals surface area contributed by atoms with Crippen LogP contribution in [0.25, 0.3) is 10.9 Å². The second-order valence-electron chi connectivity index (χ2n) is 5.66. The molecule has 0 aliphatic carbocycles. The number of methoxy groups -OCH3 is 1. The Kier molecular flexibility index (Phi) is 5.07. The lowest BCUT2D eigenvalue weighted by atomic mass is 10.1. The third kappa shape index (κ3) is 3.77.